The Labute approximate surface area is 120 Å². The summed E-state index contributed by atoms with van der Waals surface area (Å²) in [5.41, 5.74) is 8.59. The number of H-pyrrole nitrogens is 2. The van der Waals surface area contributed by atoms with Crippen LogP contribution in [0.2, 0.25) is 0 Å². The molecule has 2 aromatic rings. The molecule has 0 bridgehead atoms. The normalized spacial score (nSPS) is 13.1. The lowest BCUT2D eigenvalue weighted by atomic mass is 10.2. The van der Waals surface area contributed by atoms with Gasteiger partial charge in [0.2, 0.25) is 0 Å². The van der Waals surface area contributed by atoms with Crippen LogP contribution in [0.15, 0.2) is 22.3 Å². The van der Waals surface area contributed by atoms with E-state index in [1.54, 1.807) is 0 Å². The summed E-state index contributed by atoms with van der Waals surface area (Å²) in [7, 11) is 0. The summed E-state index contributed by atoms with van der Waals surface area (Å²) < 4.78 is 0. The molecule has 0 aliphatic heterocycles. The first kappa shape index (κ1) is 14.3. The van der Waals surface area contributed by atoms with Gasteiger partial charge in [-0.25, -0.2) is 0 Å². The summed E-state index contributed by atoms with van der Waals surface area (Å²) >= 11 is 0. The predicted octanol–water partition coefficient (Wildman–Crippen LogP) is 3.81. The van der Waals surface area contributed by atoms with Crippen molar-refractivity contribution in [3.8, 4) is 0 Å². The molecule has 2 aromatic heterocycles. The van der Waals surface area contributed by atoms with Gasteiger partial charge in [-0.2, -0.15) is 10.2 Å². The Morgan fingerprint density at radius 3 is 1.35 bits per heavy atom. The van der Waals surface area contributed by atoms with Crippen LogP contribution in [0.5, 0.6) is 0 Å². The summed E-state index contributed by atoms with van der Waals surface area (Å²) in [4.78, 5) is 6.63. The fraction of sp³-hybridized carbons (Fsp3) is 0.375. The number of nitrogens with zero attached hydrogens (tertiary/aromatic N) is 2. The average molecular weight is 270 g/mol. The lowest BCUT2D eigenvalue weighted by molar-refractivity contribution is 1.16. The predicted molar refractivity (Wildman–Crippen MR) is 85.0 cm³/mol. The van der Waals surface area contributed by atoms with Crippen molar-refractivity contribution < 1.29 is 0 Å². The SMILES string of the molecule is C/C(=N\N=C(/C)c1[nH]c(C)cc1C)c1[nH]c(C)cc1C. The molecule has 0 radical (unpaired) electrons. The van der Waals surface area contributed by atoms with Crippen LogP contribution in [0.25, 0.3) is 0 Å². The maximum Gasteiger partial charge on any atom is 0.0836 e. The Morgan fingerprint density at radius 1 is 0.750 bits per heavy atom. The maximum absolute atomic E-state index is 4.35. The molecule has 4 nitrogen and oxygen atoms in total. The minimum atomic E-state index is 0.899. The quantitative estimate of drug-likeness (QED) is 0.629. The van der Waals surface area contributed by atoms with Gasteiger partial charge < -0.3 is 9.97 Å². The first-order valence-corrected chi connectivity index (χ1v) is 6.80. The molecule has 2 N–H and O–H groups in total. The van der Waals surface area contributed by atoms with E-state index in [-0.39, 0.29) is 0 Å². The van der Waals surface area contributed by atoms with Crippen LogP contribution in [0.3, 0.4) is 0 Å². The number of hydrogen-bond donors (Lipinski definition) is 2. The molecule has 0 aromatic carbocycles. The third-order valence-electron chi connectivity index (χ3n) is 3.37. The Morgan fingerprint density at radius 2 is 1.10 bits per heavy atom. The van der Waals surface area contributed by atoms with E-state index in [1.165, 1.54) is 11.1 Å². The number of aromatic amines is 2. The van der Waals surface area contributed by atoms with Gasteiger partial charge in [0.25, 0.3) is 0 Å². The molecule has 2 heterocycles. The molecule has 0 unspecified atom stereocenters. The third kappa shape index (κ3) is 2.90. The van der Waals surface area contributed by atoms with E-state index >= 15 is 0 Å². The largest absolute Gasteiger partial charge is 0.357 e. The second-order valence-corrected chi connectivity index (χ2v) is 5.39. The Balaban J connectivity index is 2.29. The molecule has 0 amide bonds. The molecule has 20 heavy (non-hydrogen) atoms. The molecule has 0 fully saturated rings. The summed E-state index contributed by atoms with van der Waals surface area (Å²) in [6, 6.07) is 4.23. The average Bonchev–Trinajstić information content (AvgIpc) is 2.88. The molecule has 0 saturated heterocycles. The van der Waals surface area contributed by atoms with Crippen LogP contribution >= 0.6 is 0 Å². The number of hydrogen-bond acceptors (Lipinski definition) is 2. The lowest BCUT2D eigenvalue weighted by Crippen LogP contribution is -2.00. The standard InChI is InChI=1S/C16H22N4/c1-9-7-11(3)17-15(9)13(5)19-20-14(6)16-10(2)8-12(4)18-16/h7-8,17-18H,1-6H3/b19-13+,20-14+. The van der Waals surface area contributed by atoms with Crippen LogP contribution in [0, 0.1) is 27.7 Å². The summed E-state index contributed by atoms with van der Waals surface area (Å²) in [6.07, 6.45) is 0. The van der Waals surface area contributed by atoms with Crippen molar-refractivity contribution in [3.05, 3.63) is 46.0 Å². The van der Waals surface area contributed by atoms with Crippen LogP contribution in [0.4, 0.5) is 0 Å². The molecule has 0 spiro atoms. The molecule has 106 valence electrons. The van der Waals surface area contributed by atoms with Gasteiger partial charge in [-0.3, -0.25) is 0 Å². The van der Waals surface area contributed by atoms with Crippen molar-refractivity contribution in [3.63, 3.8) is 0 Å². The van der Waals surface area contributed by atoms with Crippen LogP contribution < -0.4 is 0 Å². The van der Waals surface area contributed by atoms with Crippen molar-refractivity contribution >= 4 is 11.4 Å². The monoisotopic (exact) mass is 270 g/mol. The van der Waals surface area contributed by atoms with Gasteiger partial charge in [0.1, 0.15) is 0 Å². The highest BCUT2D eigenvalue weighted by atomic mass is 15.2. The molecule has 0 aliphatic rings. The van der Waals surface area contributed by atoms with E-state index in [0.29, 0.717) is 0 Å². The van der Waals surface area contributed by atoms with E-state index < -0.39 is 0 Å². The highest BCUT2D eigenvalue weighted by molar-refractivity contribution is 6.01. The van der Waals surface area contributed by atoms with Gasteiger partial charge in [-0.15, -0.1) is 0 Å². The van der Waals surface area contributed by atoms with Gasteiger partial charge in [0.05, 0.1) is 22.8 Å². The van der Waals surface area contributed by atoms with E-state index in [0.717, 1.165) is 34.2 Å². The molecule has 4 heteroatoms. The van der Waals surface area contributed by atoms with Gasteiger partial charge in [-0.1, -0.05) is 0 Å². The number of aryl methyl sites for hydroxylation is 4. The van der Waals surface area contributed by atoms with E-state index in [1.807, 2.05) is 27.7 Å². The molecular formula is C16H22N4. The van der Waals surface area contributed by atoms with E-state index in [4.69, 9.17) is 0 Å². The van der Waals surface area contributed by atoms with E-state index in [2.05, 4.69) is 46.2 Å². The zero-order valence-corrected chi connectivity index (χ0v) is 13.0. The number of nitrogens with one attached hydrogen (secondary N) is 2. The molecular weight excluding hydrogens is 248 g/mol. The van der Waals surface area contributed by atoms with Gasteiger partial charge >= 0.3 is 0 Å². The van der Waals surface area contributed by atoms with E-state index in [9.17, 15) is 0 Å². The second-order valence-electron chi connectivity index (χ2n) is 5.39. The third-order valence-corrected chi connectivity index (χ3v) is 3.37. The molecule has 0 aliphatic carbocycles. The van der Waals surface area contributed by atoms with Crippen molar-refractivity contribution in [1.82, 2.24) is 9.97 Å². The topological polar surface area (TPSA) is 56.3 Å². The fourth-order valence-corrected chi connectivity index (χ4v) is 2.46. The minimum Gasteiger partial charge on any atom is -0.357 e. The second kappa shape index (κ2) is 5.49. The first-order chi connectivity index (χ1) is 9.38. The number of rotatable bonds is 3. The summed E-state index contributed by atoms with van der Waals surface area (Å²) in [5, 5.41) is 8.70. The van der Waals surface area contributed by atoms with Crippen LogP contribution in [-0.4, -0.2) is 21.4 Å². The zero-order valence-electron chi connectivity index (χ0n) is 13.0. The van der Waals surface area contributed by atoms with Gasteiger partial charge in [-0.05, 0) is 64.8 Å². The highest BCUT2D eigenvalue weighted by Gasteiger charge is 2.07. The summed E-state index contributed by atoms with van der Waals surface area (Å²) in [5.74, 6) is 0. The Hall–Kier alpha value is -2.10. The molecule has 2 rings (SSSR count). The summed E-state index contributed by atoms with van der Waals surface area (Å²) in [6.45, 7) is 12.2. The van der Waals surface area contributed by atoms with Gasteiger partial charge in [0, 0.05) is 11.4 Å². The Bertz CT molecular complexity index is 623. The van der Waals surface area contributed by atoms with Gasteiger partial charge in [0.15, 0.2) is 0 Å². The Kier molecular flexibility index (Phi) is 3.93. The van der Waals surface area contributed by atoms with Crippen LogP contribution in [0.1, 0.15) is 47.8 Å². The lowest BCUT2D eigenvalue weighted by Gasteiger charge is -1.99. The zero-order chi connectivity index (χ0) is 14.9. The van der Waals surface area contributed by atoms with Crippen LogP contribution in [-0.2, 0) is 0 Å². The van der Waals surface area contributed by atoms with Crippen molar-refractivity contribution in [2.45, 2.75) is 41.5 Å². The smallest absolute Gasteiger partial charge is 0.0836 e. The van der Waals surface area contributed by atoms with Crippen molar-refractivity contribution in [2.75, 3.05) is 0 Å². The number of aromatic nitrogens is 2. The first-order valence-electron chi connectivity index (χ1n) is 6.80. The minimum absolute atomic E-state index is 0.899. The van der Waals surface area contributed by atoms with Crippen molar-refractivity contribution in [1.29, 1.82) is 0 Å². The fourth-order valence-electron chi connectivity index (χ4n) is 2.46. The molecule has 0 saturated carbocycles. The highest BCUT2D eigenvalue weighted by Crippen LogP contribution is 2.12. The molecule has 0 atom stereocenters. The van der Waals surface area contributed by atoms with Crippen molar-refractivity contribution in [2.24, 2.45) is 10.2 Å². The maximum atomic E-state index is 4.35.